The maximum Gasteiger partial charge on any atom is 0.331 e. The van der Waals surface area contributed by atoms with E-state index in [4.69, 9.17) is 14.2 Å². The molecule has 2 aliphatic carbocycles. The third-order valence-corrected chi connectivity index (χ3v) is 7.50. The first-order valence-corrected chi connectivity index (χ1v) is 11.7. The Morgan fingerprint density at radius 3 is 2.42 bits per heavy atom. The lowest BCUT2D eigenvalue weighted by Crippen LogP contribution is -2.55. The molecule has 1 amide bonds. The molecule has 1 aromatic carbocycles. The van der Waals surface area contributed by atoms with Gasteiger partial charge >= 0.3 is 5.97 Å². The van der Waals surface area contributed by atoms with Crippen LogP contribution >= 0.6 is 0 Å². The molecule has 1 spiro atoms. The van der Waals surface area contributed by atoms with Crippen LogP contribution in [0.5, 0.6) is 11.5 Å². The lowest BCUT2D eigenvalue weighted by molar-refractivity contribution is -0.148. The number of nitrogens with zero attached hydrogens (tertiary/aromatic N) is 1. The molecule has 0 saturated heterocycles. The van der Waals surface area contributed by atoms with Gasteiger partial charge in [0, 0.05) is 17.3 Å². The SMILES string of the molecule is COC(=O)C1(NC(=O)c2cc3ccc(OC)c4c3n(c2=O)CC2(CC2)CO4)CCCCCC1. The predicted molar refractivity (Wildman–Crippen MR) is 122 cm³/mol. The molecule has 2 heterocycles. The molecule has 2 aromatic rings. The van der Waals surface area contributed by atoms with Crippen molar-refractivity contribution in [3.63, 3.8) is 0 Å². The summed E-state index contributed by atoms with van der Waals surface area (Å²) in [5.74, 6) is 0.116. The van der Waals surface area contributed by atoms with Gasteiger partial charge in [0.2, 0.25) is 0 Å². The van der Waals surface area contributed by atoms with Gasteiger partial charge in [0.05, 0.1) is 26.3 Å². The molecule has 0 bridgehead atoms. The summed E-state index contributed by atoms with van der Waals surface area (Å²) >= 11 is 0. The van der Waals surface area contributed by atoms with E-state index < -0.39 is 17.4 Å². The zero-order valence-corrected chi connectivity index (χ0v) is 19.2. The highest BCUT2D eigenvalue weighted by Gasteiger charge is 2.47. The molecule has 0 radical (unpaired) electrons. The van der Waals surface area contributed by atoms with E-state index in [1.807, 2.05) is 6.07 Å². The number of carbonyl (C=O) groups excluding carboxylic acids is 2. The summed E-state index contributed by atoms with van der Waals surface area (Å²) in [6.45, 7) is 1.00. The summed E-state index contributed by atoms with van der Waals surface area (Å²) in [4.78, 5) is 39.9. The molecule has 1 aliphatic heterocycles. The van der Waals surface area contributed by atoms with Crippen molar-refractivity contribution in [3.8, 4) is 11.5 Å². The maximum atomic E-state index is 13.7. The number of nitrogens with one attached hydrogen (secondary N) is 1. The summed E-state index contributed by atoms with van der Waals surface area (Å²) in [6, 6.07) is 5.23. The van der Waals surface area contributed by atoms with Crippen LogP contribution in [0.4, 0.5) is 0 Å². The van der Waals surface area contributed by atoms with Crippen molar-refractivity contribution in [2.24, 2.45) is 5.41 Å². The lowest BCUT2D eigenvalue weighted by atomic mass is 9.89. The number of methoxy groups -OCH3 is 2. The van der Waals surface area contributed by atoms with Gasteiger partial charge in [-0.25, -0.2) is 4.79 Å². The Kier molecular flexibility index (Phi) is 5.34. The summed E-state index contributed by atoms with van der Waals surface area (Å²) in [6.07, 6.45) is 6.60. The highest BCUT2D eigenvalue weighted by Crippen LogP contribution is 2.51. The Hall–Kier alpha value is -3.03. The molecular formula is C25H30N2O6. The van der Waals surface area contributed by atoms with Crippen LogP contribution < -0.4 is 20.3 Å². The zero-order chi connectivity index (χ0) is 23.2. The summed E-state index contributed by atoms with van der Waals surface area (Å²) < 4.78 is 18.3. The minimum absolute atomic E-state index is 0.0313. The minimum atomic E-state index is -1.10. The van der Waals surface area contributed by atoms with Crippen molar-refractivity contribution in [2.45, 2.75) is 63.5 Å². The molecule has 0 unspecified atom stereocenters. The summed E-state index contributed by atoms with van der Waals surface area (Å²) in [7, 11) is 2.91. The largest absolute Gasteiger partial charge is 0.493 e. The van der Waals surface area contributed by atoms with Gasteiger partial charge in [-0.15, -0.1) is 0 Å². The standard InChI is InChI=1S/C25H30N2O6/c1-31-18-8-7-16-13-17(21(28)26-25(23(30)32-2)9-5-3-4-6-10-25)22(29)27-14-24(11-12-24)15-33-20(18)19(16)27/h7-8,13H,3-6,9-12,14-15H2,1-2H3,(H,26,28). The number of aromatic nitrogens is 1. The van der Waals surface area contributed by atoms with E-state index in [9.17, 15) is 14.4 Å². The molecule has 1 aromatic heterocycles. The van der Waals surface area contributed by atoms with Crippen molar-refractivity contribution in [3.05, 3.63) is 34.1 Å². The average molecular weight is 455 g/mol. The fraction of sp³-hybridized carbons (Fsp3) is 0.560. The summed E-state index contributed by atoms with van der Waals surface area (Å²) in [5.41, 5.74) is -0.890. The van der Waals surface area contributed by atoms with Crippen molar-refractivity contribution in [1.29, 1.82) is 0 Å². The van der Waals surface area contributed by atoms with Crippen molar-refractivity contribution < 1.29 is 23.8 Å². The van der Waals surface area contributed by atoms with E-state index in [-0.39, 0.29) is 16.5 Å². The van der Waals surface area contributed by atoms with Gasteiger partial charge in [-0.1, -0.05) is 25.7 Å². The van der Waals surface area contributed by atoms with Gasteiger partial charge in [-0.3, -0.25) is 9.59 Å². The monoisotopic (exact) mass is 454 g/mol. The molecule has 5 rings (SSSR count). The van der Waals surface area contributed by atoms with Crippen LogP contribution in [0.2, 0.25) is 0 Å². The minimum Gasteiger partial charge on any atom is -0.493 e. The number of ether oxygens (including phenoxy) is 3. The molecule has 3 aliphatic rings. The number of benzene rings is 1. The van der Waals surface area contributed by atoms with Crippen molar-refractivity contribution in [2.75, 3.05) is 20.8 Å². The van der Waals surface area contributed by atoms with E-state index in [1.165, 1.54) is 7.11 Å². The van der Waals surface area contributed by atoms with Gasteiger partial charge in [-0.05, 0) is 43.9 Å². The summed E-state index contributed by atoms with van der Waals surface area (Å²) in [5, 5.41) is 3.64. The maximum absolute atomic E-state index is 13.7. The molecule has 2 saturated carbocycles. The van der Waals surface area contributed by atoms with Gasteiger partial charge in [0.15, 0.2) is 11.5 Å². The molecule has 33 heavy (non-hydrogen) atoms. The molecule has 2 fully saturated rings. The Morgan fingerprint density at radius 1 is 1.06 bits per heavy atom. The number of carbonyl (C=O) groups is 2. The number of pyridine rings is 1. The van der Waals surface area contributed by atoms with Gasteiger partial charge in [-0.2, -0.15) is 0 Å². The number of hydrogen-bond acceptors (Lipinski definition) is 6. The smallest absolute Gasteiger partial charge is 0.331 e. The number of amides is 1. The van der Waals surface area contributed by atoms with Gasteiger partial charge < -0.3 is 24.1 Å². The molecular weight excluding hydrogens is 424 g/mol. The second kappa shape index (κ2) is 8.08. The first-order chi connectivity index (χ1) is 15.9. The normalized spacial score (nSPS) is 20.3. The zero-order valence-electron chi connectivity index (χ0n) is 19.2. The molecule has 8 heteroatoms. The van der Waals surface area contributed by atoms with Crippen molar-refractivity contribution >= 4 is 22.8 Å². The third kappa shape index (κ3) is 3.65. The van der Waals surface area contributed by atoms with E-state index in [2.05, 4.69) is 5.32 Å². The highest BCUT2D eigenvalue weighted by atomic mass is 16.5. The second-order valence-corrected chi connectivity index (χ2v) is 9.71. The highest BCUT2D eigenvalue weighted by molar-refractivity contribution is 6.01. The Labute approximate surface area is 192 Å². The fourth-order valence-corrected chi connectivity index (χ4v) is 5.32. The van der Waals surface area contributed by atoms with Crippen molar-refractivity contribution in [1.82, 2.24) is 9.88 Å². The average Bonchev–Trinajstić information content (AvgIpc) is 3.64. The third-order valence-electron chi connectivity index (χ3n) is 7.50. The topological polar surface area (TPSA) is 95.9 Å². The molecule has 176 valence electrons. The van der Waals surface area contributed by atoms with E-state index in [0.717, 1.165) is 43.9 Å². The van der Waals surface area contributed by atoms with Crippen LogP contribution in [0.15, 0.2) is 23.0 Å². The van der Waals surface area contributed by atoms with E-state index in [0.29, 0.717) is 43.0 Å². The van der Waals surface area contributed by atoms with E-state index in [1.54, 1.807) is 23.8 Å². The number of rotatable bonds is 4. The van der Waals surface area contributed by atoms with Crippen LogP contribution in [-0.4, -0.2) is 42.8 Å². The Morgan fingerprint density at radius 2 is 1.79 bits per heavy atom. The van der Waals surface area contributed by atoms with Crippen LogP contribution in [0, 0.1) is 5.41 Å². The second-order valence-electron chi connectivity index (χ2n) is 9.71. The lowest BCUT2D eigenvalue weighted by Gasteiger charge is -2.31. The first-order valence-electron chi connectivity index (χ1n) is 11.7. The quantitative estimate of drug-likeness (QED) is 0.563. The van der Waals surface area contributed by atoms with Crippen LogP contribution in [0.3, 0.4) is 0 Å². The molecule has 8 nitrogen and oxygen atoms in total. The predicted octanol–water partition coefficient (Wildman–Crippen LogP) is 3.18. The Balaban J connectivity index is 1.60. The first kappa shape index (κ1) is 21.8. The number of hydrogen-bond donors (Lipinski definition) is 1. The molecule has 1 N–H and O–H groups in total. The van der Waals surface area contributed by atoms with Gasteiger partial charge in [0.25, 0.3) is 11.5 Å². The number of esters is 1. The van der Waals surface area contributed by atoms with E-state index >= 15 is 0 Å². The Bertz CT molecular complexity index is 1170. The molecule has 0 atom stereocenters. The van der Waals surface area contributed by atoms with Gasteiger partial charge in [0.1, 0.15) is 11.1 Å². The van der Waals surface area contributed by atoms with Crippen LogP contribution in [0.1, 0.15) is 61.7 Å². The van der Waals surface area contributed by atoms with Crippen LogP contribution in [-0.2, 0) is 16.1 Å². The fourth-order valence-electron chi connectivity index (χ4n) is 5.32. The van der Waals surface area contributed by atoms with Crippen LogP contribution in [0.25, 0.3) is 10.9 Å².